The van der Waals surface area contributed by atoms with Gasteiger partial charge in [0.05, 0.1) is 22.9 Å². The molecule has 0 aliphatic rings. The van der Waals surface area contributed by atoms with E-state index >= 15 is 0 Å². The van der Waals surface area contributed by atoms with E-state index in [1.807, 2.05) is 91.0 Å². The van der Waals surface area contributed by atoms with E-state index in [0.29, 0.717) is 0 Å². The minimum absolute atomic E-state index is 0.174. The number of nitrogens with zero attached hydrogens (tertiary/aromatic N) is 1. The van der Waals surface area contributed by atoms with Crippen LogP contribution >= 0.6 is 0 Å². The van der Waals surface area contributed by atoms with Crippen LogP contribution in [0.2, 0.25) is 0 Å². The summed E-state index contributed by atoms with van der Waals surface area (Å²) < 4.78 is 17.1. The van der Waals surface area contributed by atoms with E-state index in [4.69, 9.17) is 19.0 Å². The highest BCUT2D eigenvalue weighted by Gasteiger charge is 2.36. The number of oxime groups is 1. The fourth-order valence-electron chi connectivity index (χ4n) is 5.68. The maximum atomic E-state index is 13.6. The predicted octanol–water partition coefficient (Wildman–Crippen LogP) is 8.29. The molecule has 0 fully saturated rings. The lowest BCUT2D eigenvalue weighted by atomic mass is 10.0. The number of hydrogen-bond donors (Lipinski definition) is 1. The molecule has 0 saturated carbocycles. The molecule has 1 N–H and O–H groups in total. The van der Waals surface area contributed by atoms with E-state index in [1.54, 1.807) is 72.8 Å². The first-order valence-electron chi connectivity index (χ1n) is 17.2. The van der Waals surface area contributed by atoms with Gasteiger partial charge in [0.2, 0.25) is 0 Å². The molecular formula is C45H37NO8. The maximum absolute atomic E-state index is 13.6. The molecule has 0 aromatic heterocycles. The van der Waals surface area contributed by atoms with E-state index in [-0.39, 0.29) is 16.7 Å². The lowest BCUT2D eigenvalue weighted by Crippen LogP contribution is -2.46. The molecule has 3 atom stereocenters. The van der Waals surface area contributed by atoms with E-state index in [1.165, 1.54) is 7.11 Å². The second kappa shape index (κ2) is 18.1. The largest absolute Gasteiger partial charge is 0.459 e. The number of esters is 3. The predicted molar refractivity (Wildman–Crippen MR) is 206 cm³/mol. The first kappa shape index (κ1) is 36.9. The summed E-state index contributed by atoms with van der Waals surface area (Å²) in [6.07, 6.45) is -3.60. The minimum Gasteiger partial charge on any atom is -0.459 e. The van der Waals surface area contributed by atoms with Crippen LogP contribution in [0.4, 0.5) is 0 Å². The molecular weight excluding hydrogens is 682 g/mol. The van der Waals surface area contributed by atoms with E-state index in [9.17, 15) is 19.5 Å². The number of carbonyl (C=O) groups is 3. The van der Waals surface area contributed by atoms with Crippen molar-refractivity contribution >= 4 is 24.1 Å². The van der Waals surface area contributed by atoms with Crippen LogP contribution in [0.3, 0.4) is 0 Å². The average Bonchev–Trinajstić information content (AvgIpc) is 3.24. The van der Waals surface area contributed by atoms with Gasteiger partial charge in [-0.25, -0.2) is 14.4 Å². The Morgan fingerprint density at radius 2 is 0.870 bits per heavy atom. The Hall–Kier alpha value is -6.84. The third-order valence-electron chi connectivity index (χ3n) is 8.57. The second-order valence-corrected chi connectivity index (χ2v) is 12.2. The Kier molecular flexibility index (Phi) is 12.4. The van der Waals surface area contributed by atoms with Crippen molar-refractivity contribution in [2.24, 2.45) is 5.16 Å². The van der Waals surface area contributed by atoms with Crippen molar-refractivity contribution in [2.45, 2.75) is 18.3 Å². The Bertz CT molecular complexity index is 2150. The van der Waals surface area contributed by atoms with Crippen LogP contribution in [0.15, 0.2) is 169 Å². The van der Waals surface area contributed by atoms with Crippen LogP contribution in [0, 0.1) is 0 Å². The lowest BCUT2D eigenvalue weighted by molar-refractivity contribution is -0.0784. The molecule has 0 unspecified atom stereocenters. The van der Waals surface area contributed by atoms with Crippen molar-refractivity contribution in [1.29, 1.82) is 0 Å². The summed E-state index contributed by atoms with van der Waals surface area (Å²) in [4.78, 5) is 45.0. The molecule has 0 spiro atoms. The molecule has 54 heavy (non-hydrogen) atoms. The van der Waals surface area contributed by atoms with E-state index in [2.05, 4.69) is 5.16 Å². The standard InChI is InChI=1S/C45H37NO8/c1-51-46-29-41(53-44(49)38-25-19-35(20-26-38)32-13-7-3-8-14-32)42(54-45(50)39-27-21-36(22-28-39)33-15-9-4-10-16-33)40(47)30-52-43(48)37-23-17-34(18-24-37)31-11-5-2-6-12-31/h2-29,40-42,47H,30H2,1H3/t40-,41+,42-/m0/s1. The Morgan fingerprint density at radius 1 is 0.519 bits per heavy atom. The maximum Gasteiger partial charge on any atom is 0.338 e. The summed E-state index contributed by atoms with van der Waals surface area (Å²) in [5.41, 5.74) is 6.21. The van der Waals surface area contributed by atoms with Crippen molar-refractivity contribution in [3.63, 3.8) is 0 Å². The monoisotopic (exact) mass is 719 g/mol. The Balaban J connectivity index is 1.21. The van der Waals surface area contributed by atoms with Gasteiger partial charge in [-0.05, 0) is 69.8 Å². The zero-order chi connectivity index (χ0) is 37.7. The Labute approximate surface area is 313 Å². The van der Waals surface area contributed by atoms with Crippen LogP contribution < -0.4 is 0 Å². The Morgan fingerprint density at radius 3 is 1.26 bits per heavy atom. The van der Waals surface area contributed by atoms with Gasteiger partial charge in [0, 0.05) is 0 Å². The van der Waals surface area contributed by atoms with Gasteiger partial charge in [-0.15, -0.1) is 0 Å². The number of ether oxygens (including phenoxy) is 3. The third-order valence-corrected chi connectivity index (χ3v) is 8.57. The highest BCUT2D eigenvalue weighted by atomic mass is 16.6. The molecule has 6 rings (SSSR count). The van der Waals surface area contributed by atoms with Gasteiger partial charge in [-0.2, -0.15) is 0 Å². The highest BCUT2D eigenvalue weighted by Crippen LogP contribution is 2.24. The SMILES string of the molecule is CON=C[C@@H](OC(=O)c1ccc(-c2ccccc2)cc1)[C@@H](OC(=O)c1ccc(-c2ccccc2)cc1)[C@@H](O)COC(=O)c1ccc(-c2ccccc2)cc1. The zero-order valence-corrected chi connectivity index (χ0v) is 29.4. The van der Waals surface area contributed by atoms with Gasteiger partial charge in [0.15, 0.2) is 12.2 Å². The molecule has 6 aromatic carbocycles. The summed E-state index contributed by atoms with van der Waals surface area (Å²) in [5, 5.41) is 15.2. The van der Waals surface area contributed by atoms with E-state index < -0.39 is 42.8 Å². The van der Waals surface area contributed by atoms with Crippen LogP contribution in [-0.2, 0) is 19.0 Å². The number of carbonyl (C=O) groups excluding carboxylic acids is 3. The molecule has 9 heteroatoms. The normalized spacial score (nSPS) is 12.6. The van der Waals surface area contributed by atoms with Crippen LogP contribution in [0.25, 0.3) is 33.4 Å². The summed E-state index contributed by atoms with van der Waals surface area (Å²) in [5.74, 6) is -2.31. The summed E-state index contributed by atoms with van der Waals surface area (Å²) in [7, 11) is 1.29. The zero-order valence-electron chi connectivity index (χ0n) is 29.4. The summed E-state index contributed by atoms with van der Waals surface area (Å²) in [6, 6.07) is 49.3. The number of rotatable bonds is 14. The molecule has 0 saturated heterocycles. The van der Waals surface area contributed by atoms with Crippen molar-refractivity contribution in [1.82, 2.24) is 0 Å². The molecule has 0 aliphatic heterocycles. The van der Waals surface area contributed by atoms with Crippen molar-refractivity contribution in [2.75, 3.05) is 13.7 Å². The fraction of sp³-hybridized carbons (Fsp3) is 0.111. The van der Waals surface area contributed by atoms with Crippen molar-refractivity contribution < 1.29 is 38.5 Å². The van der Waals surface area contributed by atoms with Gasteiger partial charge in [-0.3, -0.25) is 0 Å². The molecule has 270 valence electrons. The number of hydrogen-bond acceptors (Lipinski definition) is 9. The van der Waals surface area contributed by atoms with Crippen molar-refractivity contribution in [3.05, 3.63) is 180 Å². The van der Waals surface area contributed by atoms with Crippen LogP contribution in [0.5, 0.6) is 0 Å². The first-order valence-corrected chi connectivity index (χ1v) is 17.2. The summed E-state index contributed by atoms with van der Waals surface area (Å²) in [6.45, 7) is -0.606. The van der Waals surface area contributed by atoms with E-state index in [0.717, 1.165) is 39.6 Å². The number of benzene rings is 6. The van der Waals surface area contributed by atoms with Gasteiger partial charge < -0.3 is 24.2 Å². The molecule has 6 aromatic rings. The lowest BCUT2D eigenvalue weighted by Gasteiger charge is -2.28. The topological polar surface area (TPSA) is 121 Å². The number of aliphatic hydroxyl groups excluding tert-OH is 1. The van der Waals surface area contributed by atoms with Gasteiger partial charge in [0.25, 0.3) is 0 Å². The van der Waals surface area contributed by atoms with Crippen LogP contribution in [-0.4, -0.2) is 61.3 Å². The average molecular weight is 720 g/mol. The number of aliphatic hydroxyl groups is 1. The molecule has 0 heterocycles. The van der Waals surface area contributed by atoms with Gasteiger partial charge in [0.1, 0.15) is 19.8 Å². The molecule has 9 nitrogen and oxygen atoms in total. The molecule has 0 bridgehead atoms. The third kappa shape index (κ3) is 9.52. The van der Waals surface area contributed by atoms with Gasteiger partial charge in [-0.1, -0.05) is 133 Å². The summed E-state index contributed by atoms with van der Waals surface area (Å²) >= 11 is 0. The second-order valence-electron chi connectivity index (χ2n) is 12.2. The van der Waals surface area contributed by atoms with Gasteiger partial charge >= 0.3 is 17.9 Å². The van der Waals surface area contributed by atoms with Crippen LogP contribution in [0.1, 0.15) is 31.1 Å². The smallest absolute Gasteiger partial charge is 0.338 e. The fourth-order valence-corrected chi connectivity index (χ4v) is 5.68. The minimum atomic E-state index is -1.66. The molecule has 0 amide bonds. The van der Waals surface area contributed by atoms with Crippen molar-refractivity contribution in [3.8, 4) is 33.4 Å². The molecule has 0 aliphatic carbocycles. The first-order chi connectivity index (χ1) is 26.4. The quantitative estimate of drug-likeness (QED) is 0.0517. The molecule has 0 radical (unpaired) electrons. The highest BCUT2D eigenvalue weighted by molar-refractivity contribution is 5.93.